The number of aromatic nitrogens is 4. The molecule has 0 saturated heterocycles. The van der Waals surface area contributed by atoms with Gasteiger partial charge in [0, 0.05) is 38.3 Å². The van der Waals surface area contributed by atoms with Gasteiger partial charge in [-0.05, 0) is 77.9 Å². The van der Waals surface area contributed by atoms with E-state index in [1.54, 1.807) is 6.07 Å². The van der Waals surface area contributed by atoms with Crippen molar-refractivity contribution < 1.29 is 13.2 Å². The average Bonchev–Trinajstić information content (AvgIpc) is 3.75. The van der Waals surface area contributed by atoms with E-state index in [0.717, 1.165) is 49.8 Å². The largest absolute Gasteiger partial charge is 0.437 e. The van der Waals surface area contributed by atoms with Crippen molar-refractivity contribution in [2.45, 2.75) is 0 Å². The van der Waals surface area contributed by atoms with Crippen molar-refractivity contribution in [3.05, 3.63) is 145 Å². The predicted octanol–water partition coefficient (Wildman–Crippen LogP) is 10.5. The number of fused-ring (bicyclic) bond motifs is 9. The van der Waals surface area contributed by atoms with Crippen LogP contribution in [-0.2, 0) is 0 Å². The molecule has 0 fully saturated rings. The first kappa shape index (κ1) is 25.9. The van der Waals surface area contributed by atoms with Crippen molar-refractivity contribution in [1.82, 2.24) is 19.1 Å². The number of furan rings is 1. The molecule has 0 amide bonds. The van der Waals surface area contributed by atoms with E-state index in [9.17, 15) is 8.78 Å². The number of hydrogen-bond donors (Lipinski definition) is 0. The fraction of sp³-hybridized carbons (Fsp3) is 0. The lowest BCUT2D eigenvalue weighted by molar-refractivity contribution is 0.485. The molecule has 222 valence electrons. The molecule has 7 heteroatoms. The van der Waals surface area contributed by atoms with Crippen LogP contribution in [0.15, 0.2) is 138 Å². The Morgan fingerprint density at radius 1 is 0.468 bits per heavy atom. The van der Waals surface area contributed by atoms with Crippen LogP contribution in [0.25, 0.3) is 88.2 Å². The Morgan fingerprint density at radius 2 is 1.04 bits per heavy atom. The van der Waals surface area contributed by atoms with E-state index in [1.807, 2.05) is 30.3 Å². The quantitative estimate of drug-likeness (QED) is 0.147. The standard InChI is InChI=1S/C40H22F2N4O/c41-38-37-31-22-26(16-19-36(31)47-39(37)44-40(42)43-38)46-33-13-7-5-11-28(33)30-21-24(15-18-35(30)46)23-14-17-34-29(20-23)27-10-4-6-12-32(27)45(34)25-8-2-1-3-9-25/h1-22H. The molecule has 0 aliphatic carbocycles. The van der Waals surface area contributed by atoms with E-state index in [0.29, 0.717) is 11.0 Å². The van der Waals surface area contributed by atoms with Crippen LogP contribution in [0.5, 0.6) is 0 Å². The van der Waals surface area contributed by atoms with Gasteiger partial charge in [-0.2, -0.15) is 18.7 Å². The maximum absolute atomic E-state index is 14.8. The second-order valence-corrected chi connectivity index (χ2v) is 11.8. The highest BCUT2D eigenvalue weighted by Crippen LogP contribution is 2.39. The van der Waals surface area contributed by atoms with Gasteiger partial charge in [0.25, 0.3) is 0 Å². The molecule has 47 heavy (non-hydrogen) atoms. The summed E-state index contributed by atoms with van der Waals surface area (Å²) in [4.78, 5) is 6.96. The monoisotopic (exact) mass is 612 g/mol. The lowest BCUT2D eigenvalue weighted by Crippen LogP contribution is -1.94. The molecule has 5 nitrogen and oxygen atoms in total. The molecule has 0 radical (unpaired) electrons. The summed E-state index contributed by atoms with van der Waals surface area (Å²) >= 11 is 0. The SMILES string of the molecule is Fc1nc(F)c2c(n1)oc1ccc(-n3c4ccccc4c4cc(-c5ccc6c(c5)c5ccccc5n6-c5ccccc5)ccc43)cc12. The Balaban J connectivity index is 1.17. The smallest absolute Gasteiger partial charge is 0.314 e. The Bertz CT molecular complexity index is 2880. The summed E-state index contributed by atoms with van der Waals surface area (Å²) in [6.45, 7) is 0. The highest BCUT2D eigenvalue weighted by atomic mass is 19.1. The first-order valence-electron chi connectivity index (χ1n) is 15.3. The fourth-order valence-electron chi connectivity index (χ4n) is 7.17. The van der Waals surface area contributed by atoms with Gasteiger partial charge in [-0.3, -0.25) is 0 Å². The van der Waals surface area contributed by atoms with E-state index < -0.39 is 12.0 Å². The molecule has 10 aromatic rings. The predicted molar refractivity (Wildman–Crippen MR) is 183 cm³/mol. The fourth-order valence-corrected chi connectivity index (χ4v) is 7.17. The van der Waals surface area contributed by atoms with Crippen LogP contribution in [0, 0.1) is 12.0 Å². The van der Waals surface area contributed by atoms with Crippen LogP contribution in [0.2, 0.25) is 0 Å². The average molecular weight is 613 g/mol. The summed E-state index contributed by atoms with van der Waals surface area (Å²) in [6, 6.07) is 46.0. The molecular weight excluding hydrogens is 590 g/mol. The van der Waals surface area contributed by atoms with Crippen molar-refractivity contribution in [1.29, 1.82) is 0 Å². The highest BCUT2D eigenvalue weighted by Gasteiger charge is 2.19. The third-order valence-electron chi connectivity index (χ3n) is 9.19. The lowest BCUT2D eigenvalue weighted by Gasteiger charge is -2.09. The van der Waals surface area contributed by atoms with E-state index in [1.165, 1.54) is 16.3 Å². The molecule has 10 rings (SSSR count). The van der Waals surface area contributed by atoms with Gasteiger partial charge in [-0.15, -0.1) is 0 Å². The molecule has 0 saturated carbocycles. The maximum Gasteiger partial charge on any atom is 0.314 e. The molecule has 6 aromatic carbocycles. The summed E-state index contributed by atoms with van der Waals surface area (Å²) in [5.74, 6) is -0.945. The van der Waals surface area contributed by atoms with Crippen molar-refractivity contribution >= 4 is 65.7 Å². The lowest BCUT2D eigenvalue weighted by atomic mass is 10.0. The molecular formula is C40H22F2N4O. The minimum absolute atomic E-state index is 0.0651. The molecule has 0 aliphatic heterocycles. The van der Waals surface area contributed by atoms with Crippen LogP contribution in [0.1, 0.15) is 0 Å². The van der Waals surface area contributed by atoms with Crippen molar-refractivity contribution in [2.75, 3.05) is 0 Å². The number of hydrogen-bond acceptors (Lipinski definition) is 3. The Hall–Kier alpha value is -6.34. The molecule has 0 bridgehead atoms. The van der Waals surface area contributed by atoms with Crippen LogP contribution >= 0.6 is 0 Å². The van der Waals surface area contributed by atoms with E-state index in [4.69, 9.17) is 4.42 Å². The minimum atomic E-state index is -1.16. The van der Waals surface area contributed by atoms with Gasteiger partial charge in [0.1, 0.15) is 11.0 Å². The van der Waals surface area contributed by atoms with Crippen molar-refractivity contribution in [3.8, 4) is 22.5 Å². The van der Waals surface area contributed by atoms with Crippen LogP contribution in [-0.4, -0.2) is 19.1 Å². The summed E-state index contributed by atoms with van der Waals surface area (Å²) in [5, 5.41) is 5.15. The topological polar surface area (TPSA) is 48.8 Å². The van der Waals surface area contributed by atoms with Crippen molar-refractivity contribution in [2.24, 2.45) is 0 Å². The van der Waals surface area contributed by atoms with Gasteiger partial charge in [-0.25, -0.2) is 0 Å². The third kappa shape index (κ3) is 3.74. The third-order valence-corrected chi connectivity index (χ3v) is 9.19. The normalized spacial score (nSPS) is 12.0. The van der Waals surface area contributed by atoms with E-state index in [-0.39, 0.29) is 11.1 Å². The summed E-state index contributed by atoms with van der Waals surface area (Å²) < 4.78 is 38.7. The minimum Gasteiger partial charge on any atom is -0.437 e. The van der Waals surface area contributed by atoms with Gasteiger partial charge >= 0.3 is 6.08 Å². The highest BCUT2D eigenvalue weighted by molar-refractivity contribution is 6.13. The summed E-state index contributed by atoms with van der Waals surface area (Å²) in [5.41, 5.74) is 8.82. The number of benzene rings is 6. The number of para-hydroxylation sites is 3. The molecule has 0 spiro atoms. The molecule has 4 heterocycles. The molecule has 0 aliphatic rings. The number of halogens is 2. The Labute approximate surface area is 265 Å². The molecule has 0 unspecified atom stereocenters. The molecule has 0 atom stereocenters. The van der Waals surface area contributed by atoms with Crippen LogP contribution in [0.3, 0.4) is 0 Å². The first-order chi connectivity index (χ1) is 23.1. The summed E-state index contributed by atoms with van der Waals surface area (Å²) in [7, 11) is 0. The second-order valence-electron chi connectivity index (χ2n) is 11.8. The Kier molecular flexibility index (Phi) is 5.29. The van der Waals surface area contributed by atoms with Gasteiger partial charge < -0.3 is 13.6 Å². The zero-order chi connectivity index (χ0) is 31.2. The van der Waals surface area contributed by atoms with E-state index in [2.05, 4.69) is 116 Å². The van der Waals surface area contributed by atoms with Gasteiger partial charge in [0.05, 0.1) is 22.1 Å². The Morgan fingerprint density at radius 3 is 1.70 bits per heavy atom. The first-order valence-corrected chi connectivity index (χ1v) is 15.3. The summed E-state index contributed by atoms with van der Waals surface area (Å²) in [6.07, 6.45) is -1.16. The maximum atomic E-state index is 14.8. The van der Waals surface area contributed by atoms with Crippen LogP contribution in [0.4, 0.5) is 8.78 Å². The zero-order valence-electron chi connectivity index (χ0n) is 24.7. The molecule has 0 N–H and O–H groups in total. The number of rotatable bonds is 3. The second kappa shape index (κ2) is 9.58. The van der Waals surface area contributed by atoms with Gasteiger partial charge in [-0.1, -0.05) is 66.7 Å². The zero-order valence-corrected chi connectivity index (χ0v) is 24.7. The van der Waals surface area contributed by atoms with E-state index >= 15 is 0 Å². The molecule has 4 aromatic heterocycles. The number of nitrogens with zero attached hydrogens (tertiary/aromatic N) is 4. The van der Waals surface area contributed by atoms with Gasteiger partial charge in [0.2, 0.25) is 11.7 Å². The van der Waals surface area contributed by atoms with Crippen molar-refractivity contribution in [3.63, 3.8) is 0 Å². The van der Waals surface area contributed by atoms with Gasteiger partial charge in [0.15, 0.2) is 0 Å². The van der Waals surface area contributed by atoms with Crippen LogP contribution < -0.4 is 0 Å².